The van der Waals surface area contributed by atoms with Crippen LogP contribution in [0.2, 0.25) is 0 Å². The van der Waals surface area contributed by atoms with Crippen molar-refractivity contribution in [1.82, 2.24) is 9.55 Å². The number of carbonyl (C=O) groups is 2. The monoisotopic (exact) mass is 391 g/mol. The zero-order valence-electron chi connectivity index (χ0n) is 16.7. The number of amides is 1. The third-order valence-electron chi connectivity index (χ3n) is 4.52. The molecule has 0 spiro atoms. The van der Waals surface area contributed by atoms with Crippen molar-refractivity contribution in [3.05, 3.63) is 72.8 Å². The first-order chi connectivity index (χ1) is 14.1. The smallest absolute Gasteiger partial charge is 0.320 e. The standard InChI is InChI=1S/C23H25N3O3/c1-3-13-29-23(28)20(15-26-12-11-24-16-26)22(27)25-21-14-17(2)9-10-19(21)18-7-5-4-6-8-18/h4-12,14,16,20H,3,13,15H2,1-2H3,(H,25,27)/t20-/m0/s1. The summed E-state index contributed by atoms with van der Waals surface area (Å²) in [7, 11) is 0. The van der Waals surface area contributed by atoms with E-state index in [0.29, 0.717) is 12.1 Å². The predicted octanol–water partition coefficient (Wildman–Crippen LogP) is 4.07. The number of hydrogen-bond donors (Lipinski definition) is 1. The molecule has 6 heteroatoms. The normalized spacial score (nSPS) is 11.7. The first-order valence-corrected chi connectivity index (χ1v) is 9.67. The zero-order valence-corrected chi connectivity index (χ0v) is 16.7. The van der Waals surface area contributed by atoms with Crippen LogP contribution in [0.4, 0.5) is 5.69 Å². The topological polar surface area (TPSA) is 73.2 Å². The molecule has 0 aliphatic carbocycles. The maximum Gasteiger partial charge on any atom is 0.320 e. The van der Waals surface area contributed by atoms with Crippen molar-refractivity contribution in [2.24, 2.45) is 5.92 Å². The van der Waals surface area contributed by atoms with Gasteiger partial charge in [-0.3, -0.25) is 9.59 Å². The van der Waals surface area contributed by atoms with Crippen molar-refractivity contribution in [3.8, 4) is 11.1 Å². The van der Waals surface area contributed by atoms with E-state index < -0.39 is 17.8 Å². The van der Waals surface area contributed by atoms with E-state index in [1.807, 2.05) is 62.4 Å². The first kappa shape index (κ1) is 20.3. The van der Waals surface area contributed by atoms with Crippen LogP contribution in [-0.2, 0) is 20.9 Å². The van der Waals surface area contributed by atoms with E-state index in [1.165, 1.54) is 0 Å². The van der Waals surface area contributed by atoms with Gasteiger partial charge in [-0.2, -0.15) is 0 Å². The number of anilines is 1. The summed E-state index contributed by atoms with van der Waals surface area (Å²) in [6, 6.07) is 15.7. The number of ether oxygens (including phenoxy) is 1. The van der Waals surface area contributed by atoms with E-state index in [2.05, 4.69) is 10.3 Å². The molecule has 0 saturated heterocycles. The minimum Gasteiger partial charge on any atom is -0.465 e. The van der Waals surface area contributed by atoms with Gasteiger partial charge in [-0.05, 0) is 30.5 Å². The van der Waals surface area contributed by atoms with Gasteiger partial charge in [-0.15, -0.1) is 0 Å². The lowest BCUT2D eigenvalue weighted by Crippen LogP contribution is -2.34. The molecule has 3 rings (SSSR count). The highest BCUT2D eigenvalue weighted by molar-refractivity contribution is 6.06. The summed E-state index contributed by atoms with van der Waals surface area (Å²) < 4.78 is 6.97. The largest absolute Gasteiger partial charge is 0.465 e. The highest BCUT2D eigenvalue weighted by Crippen LogP contribution is 2.29. The van der Waals surface area contributed by atoms with Gasteiger partial charge in [0.05, 0.1) is 12.9 Å². The van der Waals surface area contributed by atoms with E-state index in [-0.39, 0.29) is 13.2 Å². The molecular formula is C23H25N3O3. The molecular weight excluding hydrogens is 366 g/mol. The van der Waals surface area contributed by atoms with Crippen LogP contribution in [0.3, 0.4) is 0 Å². The summed E-state index contributed by atoms with van der Waals surface area (Å²) in [5, 5.41) is 2.95. The molecule has 2 aromatic carbocycles. The molecule has 0 saturated carbocycles. The van der Waals surface area contributed by atoms with Crippen LogP contribution in [0.15, 0.2) is 67.3 Å². The second-order valence-electron chi connectivity index (χ2n) is 6.88. The summed E-state index contributed by atoms with van der Waals surface area (Å²) in [6.45, 7) is 4.33. The third-order valence-corrected chi connectivity index (χ3v) is 4.52. The van der Waals surface area contributed by atoms with Gasteiger partial charge in [0.1, 0.15) is 0 Å². The number of imidazole rings is 1. The van der Waals surface area contributed by atoms with E-state index in [0.717, 1.165) is 16.7 Å². The minimum atomic E-state index is -0.972. The number of benzene rings is 2. The molecule has 29 heavy (non-hydrogen) atoms. The van der Waals surface area contributed by atoms with Crippen LogP contribution >= 0.6 is 0 Å². The van der Waals surface area contributed by atoms with Crippen LogP contribution < -0.4 is 5.32 Å². The Hall–Kier alpha value is -3.41. The Morgan fingerprint density at radius 1 is 1.17 bits per heavy atom. The summed E-state index contributed by atoms with van der Waals surface area (Å²) >= 11 is 0. The Labute approximate surface area is 170 Å². The second-order valence-corrected chi connectivity index (χ2v) is 6.88. The van der Waals surface area contributed by atoms with Crippen LogP contribution in [0.25, 0.3) is 11.1 Å². The fourth-order valence-electron chi connectivity index (χ4n) is 3.02. The van der Waals surface area contributed by atoms with Crippen molar-refractivity contribution in [2.45, 2.75) is 26.8 Å². The minimum absolute atomic E-state index is 0.168. The number of nitrogens with zero attached hydrogens (tertiary/aromatic N) is 2. The Morgan fingerprint density at radius 3 is 2.66 bits per heavy atom. The van der Waals surface area contributed by atoms with Crippen LogP contribution in [-0.4, -0.2) is 28.0 Å². The Balaban J connectivity index is 1.87. The van der Waals surface area contributed by atoms with Crippen LogP contribution in [0.5, 0.6) is 0 Å². The van der Waals surface area contributed by atoms with Crippen LogP contribution in [0.1, 0.15) is 18.9 Å². The molecule has 0 aliphatic rings. The van der Waals surface area contributed by atoms with Crippen molar-refractivity contribution in [2.75, 3.05) is 11.9 Å². The molecule has 0 unspecified atom stereocenters. The van der Waals surface area contributed by atoms with Crippen molar-refractivity contribution >= 4 is 17.6 Å². The number of rotatable bonds is 8. The molecule has 0 fully saturated rings. The van der Waals surface area contributed by atoms with E-state index in [9.17, 15) is 9.59 Å². The average molecular weight is 391 g/mol. The van der Waals surface area contributed by atoms with Gasteiger partial charge >= 0.3 is 5.97 Å². The molecule has 0 bridgehead atoms. The van der Waals surface area contributed by atoms with E-state index >= 15 is 0 Å². The van der Waals surface area contributed by atoms with Gasteiger partial charge in [0.25, 0.3) is 0 Å². The number of esters is 1. The summed E-state index contributed by atoms with van der Waals surface area (Å²) in [5.74, 6) is -1.91. The number of nitrogens with one attached hydrogen (secondary N) is 1. The fraction of sp³-hybridized carbons (Fsp3) is 0.261. The molecule has 1 amide bonds. The Morgan fingerprint density at radius 2 is 1.97 bits per heavy atom. The molecule has 6 nitrogen and oxygen atoms in total. The predicted molar refractivity (Wildman–Crippen MR) is 112 cm³/mol. The number of hydrogen-bond acceptors (Lipinski definition) is 4. The summed E-state index contributed by atoms with van der Waals surface area (Å²) in [6.07, 6.45) is 5.60. The lowest BCUT2D eigenvalue weighted by molar-refractivity contribution is -0.152. The second kappa shape index (κ2) is 9.68. The van der Waals surface area contributed by atoms with Crippen LogP contribution in [0, 0.1) is 12.8 Å². The molecule has 1 aromatic heterocycles. The van der Waals surface area contributed by atoms with Gasteiger partial charge < -0.3 is 14.6 Å². The number of aryl methyl sites for hydroxylation is 1. The highest BCUT2D eigenvalue weighted by Gasteiger charge is 2.29. The maximum atomic E-state index is 13.1. The highest BCUT2D eigenvalue weighted by atomic mass is 16.5. The summed E-state index contributed by atoms with van der Waals surface area (Å²) in [4.78, 5) is 29.6. The third kappa shape index (κ3) is 5.31. The van der Waals surface area contributed by atoms with Gasteiger partial charge in [0, 0.05) is 30.2 Å². The van der Waals surface area contributed by atoms with Crippen molar-refractivity contribution < 1.29 is 14.3 Å². The molecule has 150 valence electrons. The van der Waals surface area contributed by atoms with Crippen molar-refractivity contribution in [1.29, 1.82) is 0 Å². The SMILES string of the molecule is CCCOC(=O)[C@@H](Cn1ccnc1)C(=O)Nc1cc(C)ccc1-c1ccccc1. The molecule has 1 atom stereocenters. The molecule has 0 radical (unpaired) electrons. The zero-order chi connectivity index (χ0) is 20.6. The Kier molecular flexibility index (Phi) is 6.79. The lowest BCUT2D eigenvalue weighted by Gasteiger charge is -2.18. The van der Waals surface area contributed by atoms with E-state index in [1.54, 1.807) is 23.3 Å². The first-order valence-electron chi connectivity index (χ1n) is 9.67. The fourth-order valence-corrected chi connectivity index (χ4v) is 3.02. The molecule has 1 N–H and O–H groups in total. The van der Waals surface area contributed by atoms with E-state index in [4.69, 9.17) is 4.74 Å². The maximum absolute atomic E-state index is 13.1. The average Bonchev–Trinajstić information content (AvgIpc) is 3.24. The van der Waals surface area contributed by atoms with Crippen molar-refractivity contribution in [3.63, 3.8) is 0 Å². The lowest BCUT2D eigenvalue weighted by atomic mass is 10.0. The van der Waals surface area contributed by atoms with Gasteiger partial charge in [-0.25, -0.2) is 4.98 Å². The quantitative estimate of drug-likeness (QED) is 0.464. The summed E-state index contributed by atoms with van der Waals surface area (Å²) in [5.41, 5.74) is 3.56. The number of aromatic nitrogens is 2. The van der Waals surface area contributed by atoms with Gasteiger partial charge in [-0.1, -0.05) is 49.4 Å². The molecule has 3 aromatic rings. The van der Waals surface area contributed by atoms with Gasteiger partial charge in [0.2, 0.25) is 5.91 Å². The number of carbonyl (C=O) groups excluding carboxylic acids is 2. The molecule has 1 heterocycles. The Bertz CT molecular complexity index is 953. The van der Waals surface area contributed by atoms with Gasteiger partial charge in [0.15, 0.2) is 5.92 Å². The molecule has 0 aliphatic heterocycles.